The van der Waals surface area contributed by atoms with E-state index in [4.69, 9.17) is 4.42 Å². The molecule has 1 aromatic heterocycles. The van der Waals surface area contributed by atoms with Crippen molar-refractivity contribution in [1.29, 1.82) is 0 Å². The first-order chi connectivity index (χ1) is 7.31. The van der Waals surface area contributed by atoms with E-state index >= 15 is 0 Å². The summed E-state index contributed by atoms with van der Waals surface area (Å²) in [7, 11) is 0. The Kier molecular flexibility index (Phi) is 3.07. The Morgan fingerprint density at radius 1 is 1.33 bits per heavy atom. The Labute approximate surface area is 89.5 Å². The molecule has 0 aliphatic rings. The standard InChI is InChI=1S/C13H15O2/c1-10(5-4-8-14)13-9-11-6-2-3-7-12(11)15-13/h2-3,6-7,9-10H,4-5,8H2,1H3. The van der Waals surface area contributed by atoms with E-state index in [1.54, 1.807) is 0 Å². The van der Waals surface area contributed by atoms with Crippen molar-refractivity contribution in [1.82, 2.24) is 0 Å². The molecule has 0 bridgehead atoms. The lowest BCUT2D eigenvalue weighted by atomic mass is 10.0. The molecule has 15 heavy (non-hydrogen) atoms. The first-order valence-corrected chi connectivity index (χ1v) is 5.38. The normalized spacial score (nSPS) is 13.2. The molecule has 0 amide bonds. The maximum atomic E-state index is 10.4. The van der Waals surface area contributed by atoms with Gasteiger partial charge in [-0.05, 0) is 25.0 Å². The van der Waals surface area contributed by atoms with Crippen molar-refractivity contribution < 1.29 is 9.52 Å². The third-order valence-electron chi connectivity index (χ3n) is 2.71. The molecule has 0 fully saturated rings. The minimum absolute atomic E-state index is 0.00453. The van der Waals surface area contributed by atoms with Crippen LogP contribution in [0.1, 0.15) is 31.4 Å². The van der Waals surface area contributed by atoms with Gasteiger partial charge in [0.2, 0.25) is 0 Å². The fraction of sp³-hybridized carbons (Fsp3) is 0.385. The molecule has 0 spiro atoms. The Bertz CT molecular complexity index is 398. The topological polar surface area (TPSA) is 33.0 Å². The van der Waals surface area contributed by atoms with E-state index in [2.05, 4.69) is 13.0 Å². The molecule has 1 unspecified atom stereocenters. The van der Waals surface area contributed by atoms with Gasteiger partial charge < -0.3 is 4.42 Å². The highest BCUT2D eigenvalue weighted by atomic mass is 16.3. The third-order valence-corrected chi connectivity index (χ3v) is 2.71. The van der Waals surface area contributed by atoms with Gasteiger partial charge in [-0.1, -0.05) is 25.1 Å². The maximum Gasteiger partial charge on any atom is 0.134 e. The van der Waals surface area contributed by atoms with Crippen LogP contribution >= 0.6 is 0 Å². The van der Waals surface area contributed by atoms with Crippen LogP contribution < -0.4 is 0 Å². The number of furan rings is 1. The van der Waals surface area contributed by atoms with Gasteiger partial charge in [0.05, 0.1) is 6.61 Å². The second-order valence-corrected chi connectivity index (χ2v) is 3.93. The minimum Gasteiger partial charge on any atom is -0.461 e. The number of benzene rings is 1. The average Bonchev–Trinajstić information content (AvgIpc) is 2.69. The van der Waals surface area contributed by atoms with Gasteiger partial charge in [-0.2, -0.15) is 0 Å². The molecule has 2 heteroatoms. The fourth-order valence-electron chi connectivity index (χ4n) is 1.78. The number of fused-ring (bicyclic) bond motifs is 1. The number of hydrogen-bond donors (Lipinski definition) is 0. The molecule has 1 heterocycles. The summed E-state index contributed by atoms with van der Waals surface area (Å²) in [4.78, 5) is 0. The lowest BCUT2D eigenvalue weighted by molar-refractivity contribution is 0.184. The number of para-hydroxylation sites is 1. The van der Waals surface area contributed by atoms with Gasteiger partial charge >= 0.3 is 0 Å². The molecule has 1 atom stereocenters. The molecule has 0 N–H and O–H groups in total. The molecule has 1 aromatic carbocycles. The Hall–Kier alpha value is -1.28. The summed E-state index contributed by atoms with van der Waals surface area (Å²) in [6.07, 6.45) is 1.63. The fourth-order valence-corrected chi connectivity index (χ4v) is 1.78. The molecular formula is C13H15O2. The predicted molar refractivity (Wildman–Crippen MR) is 59.4 cm³/mol. The lowest BCUT2D eigenvalue weighted by Gasteiger charge is -2.05. The zero-order chi connectivity index (χ0) is 10.7. The maximum absolute atomic E-state index is 10.4. The van der Waals surface area contributed by atoms with Crippen LogP contribution in [0, 0.1) is 0 Å². The van der Waals surface area contributed by atoms with Crippen molar-refractivity contribution in [2.45, 2.75) is 25.7 Å². The van der Waals surface area contributed by atoms with E-state index in [-0.39, 0.29) is 6.61 Å². The summed E-state index contributed by atoms with van der Waals surface area (Å²) in [6, 6.07) is 10.1. The molecule has 0 aliphatic heterocycles. The van der Waals surface area contributed by atoms with Crippen LogP contribution in [-0.2, 0) is 5.11 Å². The Balaban J connectivity index is 2.20. The number of hydrogen-bond acceptors (Lipinski definition) is 1. The van der Waals surface area contributed by atoms with Crippen LogP contribution in [0.2, 0.25) is 0 Å². The summed E-state index contributed by atoms with van der Waals surface area (Å²) >= 11 is 0. The Morgan fingerprint density at radius 2 is 2.13 bits per heavy atom. The third kappa shape index (κ3) is 2.21. The van der Waals surface area contributed by atoms with Crippen molar-refractivity contribution in [2.75, 3.05) is 6.61 Å². The van der Waals surface area contributed by atoms with E-state index in [9.17, 15) is 5.11 Å². The van der Waals surface area contributed by atoms with Gasteiger partial charge in [-0.15, -0.1) is 0 Å². The molecule has 2 aromatic rings. The van der Waals surface area contributed by atoms with Crippen molar-refractivity contribution in [3.05, 3.63) is 36.1 Å². The zero-order valence-corrected chi connectivity index (χ0v) is 8.90. The van der Waals surface area contributed by atoms with E-state index < -0.39 is 0 Å². The summed E-state index contributed by atoms with van der Waals surface area (Å²) in [6.45, 7) is 2.11. The second-order valence-electron chi connectivity index (χ2n) is 3.93. The van der Waals surface area contributed by atoms with Crippen LogP contribution in [0.5, 0.6) is 0 Å². The molecule has 2 nitrogen and oxygen atoms in total. The summed E-state index contributed by atoms with van der Waals surface area (Å²) in [5.74, 6) is 1.33. The van der Waals surface area contributed by atoms with Crippen LogP contribution in [0.3, 0.4) is 0 Å². The van der Waals surface area contributed by atoms with E-state index in [1.807, 2.05) is 24.3 Å². The SMILES string of the molecule is CC(CCC[O])c1cc2ccccc2o1. The van der Waals surface area contributed by atoms with Crippen molar-refractivity contribution >= 4 is 11.0 Å². The van der Waals surface area contributed by atoms with Crippen LogP contribution in [0.15, 0.2) is 34.7 Å². The highest BCUT2D eigenvalue weighted by molar-refractivity contribution is 5.77. The lowest BCUT2D eigenvalue weighted by Crippen LogP contribution is -1.92. The highest BCUT2D eigenvalue weighted by Gasteiger charge is 2.10. The summed E-state index contributed by atoms with van der Waals surface area (Å²) in [5.41, 5.74) is 0.932. The van der Waals surface area contributed by atoms with Gasteiger partial charge in [0.25, 0.3) is 0 Å². The van der Waals surface area contributed by atoms with Crippen LogP contribution in [0.25, 0.3) is 11.0 Å². The van der Waals surface area contributed by atoms with Crippen molar-refractivity contribution in [3.8, 4) is 0 Å². The van der Waals surface area contributed by atoms with Gasteiger partial charge in [-0.3, -0.25) is 0 Å². The first-order valence-electron chi connectivity index (χ1n) is 5.38. The monoisotopic (exact) mass is 203 g/mol. The predicted octanol–water partition coefficient (Wildman–Crippen LogP) is 3.75. The van der Waals surface area contributed by atoms with Crippen LogP contribution in [-0.4, -0.2) is 6.61 Å². The van der Waals surface area contributed by atoms with Crippen molar-refractivity contribution in [3.63, 3.8) is 0 Å². The first kappa shape index (κ1) is 10.2. The zero-order valence-electron chi connectivity index (χ0n) is 8.90. The quantitative estimate of drug-likeness (QED) is 0.744. The second kappa shape index (κ2) is 4.49. The van der Waals surface area contributed by atoms with E-state index in [1.165, 1.54) is 0 Å². The smallest absolute Gasteiger partial charge is 0.134 e. The van der Waals surface area contributed by atoms with Gasteiger partial charge in [-0.25, -0.2) is 5.11 Å². The summed E-state index contributed by atoms with van der Waals surface area (Å²) < 4.78 is 5.72. The van der Waals surface area contributed by atoms with Gasteiger partial charge in [0.15, 0.2) is 0 Å². The largest absolute Gasteiger partial charge is 0.461 e. The van der Waals surface area contributed by atoms with Crippen LogP contribution in [0.4, 0.5) is 0 Å². The molecule has 79 valence electrons. The Morgan fingerprint density at radius 3 is 2.87 bits per heavy atom. The minimum atomic E-state index is 0.00453. The molecule has 0 saturated carbocycles. The average molecular weight is 203 g/mol. The number of rotatable bonds is 4. The van der Waals surface area contributed by atoms with E-state index in [0.717, 1.165) is 29.6 Å². The molecule has 1 radical (unpaired) electrons. The molecule has 0 aliphatic carbocycles. The van der Waals surface area contributed by atoms with Gasteiger partial charge in [0, 0.05) is 11.3 Å². The van der Waals surface area contributed by atoms with E-state index in [0.29, 0.717) is 5.92 Å². The summed E-state index contributed by atoms with van der Waals surface area (Å²) in [5, 5.41) is 11.5. The highest BCUT2D eigenvalue weighted by Crippen LogP contribution is 2.27. The molecular weight excluding hydrogens is 188 g/mol. The van der Waals surface area contributed by atoms with Gasteiger partial charge in [0.1, 0.15) is 11.3 Å². The van der Waals surface area contributed by atoms with Crippen molar-refractivity contribution in [2.24, 2.45) is 0 Å². The molecule has 2 rings (SSSR count). The molecule has 0 saturated heterocycles.